The fourth-order valence-corrected chi connectivity index (χ4v) is 2.70. The van der Waals surface area contributed by atoms with E-state index in [1.165, 1.54) is 17.7 Å². The average molecular weight is 323 g/mol. The summed E-state index contributed by atoms with van der Waals surface area (Å²) < 4.78 is 13.8. The molecule has 2 aromatic carbocycles. The monoisotopic (exact) mass is 322 g/mol. The van der Waals surface area contributed by atoms with E-state index in [2.05, 4.69) is 33.5 Å². The van der Waals surface area contributed by atoms with Crippen LogP contribution in [0, 0.1) is 5.82 Å². The summed E-state index contributed by atoms with van der Waals surface area (Å²) in [4.78, 5) is 0. The minimum absolute atomic E-state index is 0.00446. The summed E-state index contributed by atoms with van der Waals surface area (Å²) in [6.45, 7) is 0. The Bertz CT molecular complexity index is 531. The lowest BCUT2D eigenvalue weighted by Crippen LogP contribution is -2.28. The smallest absolute Gasteiger partial charge is 0.124 e. The summed E-state index contributed by atoms with van der Waals surface area (Å²) >= 11 is 3.38. The molecular weight excluding hydrogens is 307 g/mol. The molecule has 2 rings (SSSR count). The molecule has 0 amide bonds. The van der Waals surface area contributed by atoms with E-state index < -0.39 is 0 Å². The van der Waals surface area contributed by atoms with Crippen molar-refractivity contribution in [2.24, 2.45) is 5.84 Å². The van der Waals surface area contributed by atoms with Crippen molar-refractivity contribution in [1.29, 1.82) is 0 Å². The molecule has 0 heterocycles. The van der Waals surface area contributed by atoms with Gasteiger partial charge in [0.1, 0.15) is 5.82 Å². The number of hydrogen-bond donors (Lipinski definition) is 2. The first-order valence-electron chi connectivity index (χ1n) is 6.15. The van der Waals surface area contributed by atoms with Crippen molar-refractivity contribution >= 4 is 15.9 Å². The van der Waals surface area contributed by atoms with Gasteiger partial charge >= 0.3 is 0 Å². The molecule has 0 aliphatic carbocycles. The van der Waals surface area contributed by atoms with Crippen molar-refractivity contribution in [3.8, 4) is 0 Å². The number of nitrogens with one attached hydrogen (secondary N) is 1. The summed E-state index contributed by atoms with van der Waals surface area (Å²) in [7, 11) is 0. The molecule has 0 saturated heterocycles. The Morgan fingerprint density at radius 1 is 1.16 bits per heavy atom. The van der Waals surface area contributed by atoms with Crippen molar-refractivity contribution in [3.05, 3.63) is 69.9 Å². The lowest BCUT2D eigenvalue weighted by molar-refractivity contribution is 0.513. The summed E-state index contributed by atoms with van der Waals surface area (Å²) in [6, 6.07) is 14.9. The van der Waals surface area contributed by atoms with Gasteiger partial charge in [-0.15, -0.1) is 0 Å². The number of aryl methyl sites for hydroxylation is 1. The maximum Gasteiger partial charge on any atom is 0.124 e. The molecule has 0 aliphatic heterocycles. The molecule has 2 nitrogen and oxygen atoms in total. The standard InChI is InChI=1S/C15H16BrFN2/c16-14-10-12(17)7-8-13(14)15(19-18)9-6-11-4-2-1-3-5-11/h1-5,7-8,10,15,19H,6,9,18H2. The Morgan fingerprint density at radius 3 is 2.53 bits per heavy atom. The lowest BCUT2D eigenvalue weighted by Gasteiger charge is -2.18. The molecule has 0 spiro atoms. The van der Waals surface area contributed by atoms with E-state index in [9.17, 15) is 4.39 Å². The van der Waals surface area contributed by atoms with Crippen LogP contribution in [-0.2, 0) is 6.42 Å². The third-order valence-corrected chi connectivity index (χ3v) is 3.79. The van der Waals surface area contributed by atoms with Gasteiger partial charge in [0, 0.05) is 10.5 Å². The molecule has 2 aromatic rings. The molecule has 4 heteroatoms. The highest BCUT2D eigenvalue weighted by atomic mass is 79.9. The van der Waals surface area contributed by atoms with Crippen LogP contribution in [0.25, 0.3) is 0 Å². The van der Waals surface area contributed by atoms with E-state index in [4.69, 9.17) is 5.84 Å². The normalized spacial score (nSPS) is 12.4. The van der Waals surface area contributed by atoms with E-state index in [0.29, 0.717) is 0 Å². The third-order valence-electron chi connectivity index (χ3n) is 3.10. The van der Waals surface area contributed by atoms with Crippen molar-refractivity contribution in [1.82, 2.24) is 5.43 Å². The van der Waals surface area contributed by atoms with Crippen molar-refractivity contribution in [2.75, 3.05) is 0 Å². The highest BCUT2D eigenvalue weighted by molar-refractivity contribution is 9.10. The number of nitrogens with two attached hydrogens (primary N) is 1. The van der Waals surface area contributed by atoms with Crippen LogP contribution in [0.2, 0.25) is 0 Å². The third kappa shape index (κ3) is 3.86. The summed E-state index contributed by atoms with van der Waals surface area (Å²) in [5, 5.41) is 0. The van der Waals surface area contributed by atoms with E-state index in [1.54, 1.807) is 6.07 Å². The fraction of sp³-hybridized carbons (Fsp3) is 0.200. The van der Waals surface area contributed by atoms with Gasteiger partial charge in [-0.05, 0) is 36.1 Å². The molecular formula is C15H16BrFN2. The fourth-order valence-electron chi connectivity index (χ4n) is 2.07. The van der Waals surface area contributed by atoms with Gasteiger partial charge in [-0.3, -0.25) is 11.3 Å². The zero-order chi connectivity index (χ0) is 13.7. The molecule has 0 aromatic heterocycles. The second-order valence-corrected chi connectivity index (χ2v) is 5.26. The zero-order valence-electron chi connectivity index (χ0n) is 10.4. The van der Waals surface area contributed by atoms with E-state index in [1.807, 2.05) is 18.2 Å². The van der Waals surface area contributed by atoms with Crippen LogP contribution < -0.4 is 11.3 Å². The molecule has 1 atom stereocenters. The van der Waals surface area contributed by atoms with Crippen LogP contribution >= 0.6 is 15.9 Å². The minimum Gasteiger partial charge on any atom is -0.271 e. The topological polar surface area (TPSA) is 38.0 Å². The quantitative estimate of drug-likeness (QED) is 0.650. The number of halogens is 2. The van der Waals surface area contributed by atoms with Gasteiger partial charge in [-0.2, -0.15) is 0 Å². The van der Waals surface area contributed by atoms with E-state index >= 15 is 0 Å². The summed E-state index contributed by atoms with van der Waals surface area (Å²) in [6.07, 6.45) is 1.77. The Labute approximate surface area is 120 Å². The number of hydrogen-bond acceptors (Lipinski definition) is 2. The van der Waals surface area contributed by atoms with Crippen molar-refractivity contribution in [3.63, 3.8) is 0 Å². The van der Waals surface area contributed by atoms with Gasteiger partial charge < -0.3 is 0 Å². The van der Waals surface area contributed by atoms with Crippen LogP contribution in [0.4, 0.5) is 4.39 Å². The first-order chi connectivity index (χ1) is 9.20. The predicted octanol–water partition coefficient (Wildman–Crippen LogP) is 3.73. The Morgan fingerprint density at radius 2 is 1.89 bits per heavy atom. The van der Waals surface area contributed by atoms with Gasteiger partial charge in [0.05, 0.1) is 0 Å². The maximum atomic E-state index is 13.1. The Kier molecular flexibility index (Phi) is 5.07. The molecule has 0 aliphatic rings. The molecule has 100 valence electrons. The molecule has 0 bridgehead atoms. The first kappa shape index (κ1) is 14.2. The molecule has 0 fully saturated rings. The van der Waals surface area contributed by atoms with Crippen LogP contribution in [0.5, 0.6) is 0 Å². The average Bonchev–Trinajstić information content (AvgIpc) is 2.42. The maximum absolute atomic E-state index is 13.1. The van der Waals surface area contributed by atoms with Crippen LogP contribution in [0.3, 0.4) is 0 Å². The molecule has 0 radical (unpaired) electrons. The largest absolute Gasteiger partial charge is 0.271 e. The van der Waals surface area contributed by atoms with Gasteiger partial charge in [-0.25, -0.2) is 4.39 Å². The summed E-state index contributed by atoms with van der Waals surface area (Å²) in [5.41, 5.74) is 5.03. The second-order valence-electron chi connectivity index (χ2n) is 4.41. The van der Waals surface area contributed by atoms with Crippen molar-refractivity contribution < 1.29 is 4.39 Å². The predicted molar refractivity (Wildman–Crippen MR) is 78.9 cm³/mol. The Hall–Kier alpha value is -1.23. The highest BCUT2D eigenvalue weighted by Gasteiger charge is 2.13. The molecule has 0 saturated carbocycles. The van der Waals surface area contributed by atoms with Gasteiger partial charge in [0.15, 0.2) is 0 Å². The molecule has 3 N–H and O–H groups in total. The van der Waals surface area contributed by atoms with Crippen LogP contribution in [-0.4, -0.2) is 0 Å². The van der Waals surface area contributed by atoms with Gasteiger partial charge in [-0.1, -0.05) is 52.3 Å². The van der Waals surface area contributed by atoms with Gasteiger partial charge in [0.2, 0.25) is 0 Å². The first-order valence-corrected chi connectivity index (χ1v) is 6.95. The molecule has 19 heavy (non-hydrogen) atoms. The minimum atomic E-state index is -0.255. The number of rotatable bonds is 5. The zero-order valence-corrected chi connectivity index (χ0v) is 12.0. The second kappa shape index (κ2) is 6.80. The van der Waals surface area contributed by atoms with Crippen molar-refractivity contribution in [2.45, 2.75) is 18.9 Å². The number of hydrazine groups is 1. The highest BCUT2D eigenvalue weighted by Crippen LogP contribution is 2.27. The number of benzene rings is 2. The van der Waals surface area contributed by atoms with E-state index in [0.717, 1.165) is 22.9 Å². The summed E-state index contributed by atoms with van der Waals surface area (Å²) in [5.74, 6) is 5.36. The lowest BCUT2D eigenvalue weighted by atomic mass is 9.99. The van der Waals surface area contributed by atoms with Crippen LogP contribution in [0.1, 0.15) is 23.6 Å². The van der Waals surface area contributed by atoms with Crippen LogP contribution in [0.15, 0.2) is 53.0 Å². The SMILES string of the molecule is NNC(CCc1ccccc1)c1ccc(F)cc1Br. The Balaban J connectivity index is 2.08. The molecule has 1 unspecified atom stereocenters. The van der Waals surface area contributed by atoms with E-state index in [-0.39, 0.29) is 11.9 Å². The van der Waals surface area contributed by atoms with Gasteiger partial charge in [0.25, 0.3) is 0 Å².